The largest absolute Gasteiger partial charge is 0.351 e. The average Bonchev–Trinajstić information content (AvgIpc) is 2.54. The van der Waals surface area contributed by atoms with E-state index in [0.717, 1.165) is 11.8 Å². The highest BCUT2D eigenvalue weighted by Crippen LogP contribution is 2.28. The van der Waals surface area contributed by atoms with E-state index in [1.807, 2.05) is 19.0 Å². The molecule has 0 saturated carbocycles. The van der Waals surface area contributed by atoms with Crippen LogP contribution in [0.3, 0.4) is 0 Å². The van der Waals surface area contributed by atoms with E-state index in [1.165, 1.54) is 6.07 Å². The van der Waals surface area contributed by atoms with Crippen LogP contribution in [0.25, 0.3) is 0 Å². The van der Waals surface area contributed by atoms with Crippen LogP contribution in [0.2, 0.25) is 0 Å². The van der Waals surface area contributed by atoms with E-state index in [1.54, 1.807) is 12.1 Å². The predicted molar refractivity (Wildman–Crippen MR) is 110 cm³/mol. The van der Waals surface area contributed by atoms with Crippen molar-refractivity contribution in [2.24, 2.45) is 0 Å². The Balaban J connectivity index is 0.00000338. The first-order valence-corrected chi connectivity index (χ1v) is 10.2. The Morgan fingerprint density at radius 2 is 1.85 bits per heavy atom. The SMILES string of the molecule is CN(C)Cc1cc(CNC(=O)C2(S(C)(=O)=O)CCNCC2)ccc1F.Cl.Cl. The first kappa shape index (κ1) is 26.1. The zero-order chi connectivity index (χ0) is 18.7. The molecule has 1 saturated heterocycles. The normalized spacial score (nSPS) is 16.2. The predicted octanol–water partition coefficient (Wildman–Crippen LogP) is 1.51. The molecule has 0 unspecified atom stereocenters. The van der Waals surface area contributed by atoms with Crippen molar-refractivity contribution in [2.75, 3.05) is 33.4 Å². The van der Waals surface area contributed by atoms with Crippen LogP contribution in [-0.2, 0) is 27.7 Å². The van der Waals surface area contributed by atoms with E-state index in [-0.39, 0.29) is 50.0 Å². The summed E-state index contributed by atoms with van der Waals surface area (Å²) in [6, 6.07) is 4.67. The molecule has 1 amide bonds. The quantitative estimate of drug-likeness (QED) is 0.696. The Kier molecular flexibility index (Phi) is 10.2. The lowest BCUT2D eigenvalue weighted by Crippen LogP contribution is -2.57. The summed E-state index contributed by atoms with van der Waals surface area (Å²) in [7, 11) is 0.156. The Bertz CT molecular complexity index is 739. The Hall–Kier alpha value is -0.930. The summed E-state index contributed by atoms with van der Waals surface area (Å²) in [5, 5.41) is 5.82. The third-order valence-electron chi connectivity index (χ3n) is 4.58. The van der Waals surface area contributed by atoms with Crippen molar-refractivity contribution in [3.63, 3.8) is 0 Å². The Morgan fingerprint density at radius 1 is 1.26 bits per heavy atom. The van der Waals surface area contributed by atoms with Crippen molar-refractivity contribution in [3.8, 4) is 0 Å². The van der Waals surface area contributed by atoms with Gasteiger partial charge in [0.1, 0.15) is 5.82 Å². The molecule has 6 nitrogen and oxygen atoms in total. The smallest absolute Gasteiger partial charge is 0.241 e. The summed E-state index contributed by atoms with van der Waals surface area (Å²) in [6.45, 7) is 1.60. The van der Waals surface area contributed by atoms with Crippen molar-refractivity contribution in [1.29, 1.82) is 0 Å². The number of nitrogens with zero attached hydrogens (tertiary/aromatic N) is 1. The maximum Gasteiger partial charge on any atom is 0.241 e. The van der Waals surface area contributed by atoms with Crippen molar-refractivity contribution in [3.05, 3.63) is 35.1 Å². The van der Waals surface area contributed by atoms with Crippen molar-refractivity contribution in [1.82, 2.24) is 15.5 Å². The molecule has 1 aromatic carbocycles. The molecule has 1 aliphatic heterocycles. The molecule has 0 radical (unpaired) electrons. The number of halogens is 3. The molecule has 0 aromatic heterocycles. The molecule has 156 valence electrons. The highest BCUT2D eigenvalue weighted by atomic mass is 35.5. The molecule has 1 aromatic rings. The average molecular weight is 444 g/mol. The molecule has 27 heavy (non-hydrogen) atoms. The topological polar surface area (TPSA) is 78.5 Å². The number of rotatable bonds is 6. The zero-order valence-corrected chi connectivity index (χ0v) is 18.2. The number of amides is 1. The fourth-order valence-corrected chi connectivity index (χ4v) is 4.49. The summed E-state index contributed by atoms with van der Waals surface area (Å²) in [5.74, 6) is -0.773. The van der Waals surface area contributed by atoms with Gasteiger partial charge in [-0.05, 0) is 57.7 Å². The van der Waals surface area contributed by atoms with Crippen LogP contribution >= 0.6 is 24.8 Å². The molecular formula is C17H28Cl2FN3O3S. The highest BCUT2D eigenvalue weighted by molar-refractivity contribution is 7.92. The zero-order valence-electron chi connectivity index (χ0n) is 15.7. The molecule has 0 aliphatic carbocycles. The van der Waals surface area contributed by atoms with Crippen LogP contribution in [0.4, 0.5) is 4.39 Å². The van der Waals surface area contributed by atoms with E-state index in [9.17, 15) is 17.6 Å². The van der Waals surface area contributed by atoms with Crippen molar-refractivity contribution < 1.29 is 17.6 Å². The van der Waals surface area contributed by atoms with Gasteiger partial charge in [0.05, 0.1) is 0 Å². The molecule has 0 bridgehead atoms. The lowest BCUT2D eigenvalue weighted by atomic mass is 9.95. The van der Waals surface area contributed by atoms with Crippen LogP contribution in [-0.4, -0.2) is 57.4 Å². The van der Waals surface area contributed by atoms with Gasteiger partial charge in [-0.15, -0.1) is 24.8 Å². The lowest BCUT2D eigenvalue weighted by Gasteiger charge is -2.34. The molecule has 0 atom stereocenters. The minimum atomic E-state index is -3.54. The van der Waals surface area contributed by atoms with Gasteiger partial charge < -0.3 is 15.5 Å². The molecule has 2 rings (SSSR count). The van der Waals surface area contributed by atoms with E-state index >= 15 is 0 Å². The second-order valence-electron chi connectivity index (χ2n) is 6.86. The van der Waals surface area contributed by atoms with Crippen LogP contribution in [0.15, 0.2) is 18.2 Å². The number of hydrogen-bond donors (Lipinski definition) is 2. The van der Waals surface area contributed by atoms with E-state index in [4.69, 9.17) is 0 Å². The first-order valence-electron chi connectivity index (χ1n) is 8.26. The van der Waals surface area contributed by atoms with Crippen LogP contribution in [0.1, 0.15) is 24.0 Å². The van der Waals surface area contributed by atoms with Crippen LogP contribution in [0, 0.1) is 5.82 Å². The van der Waals surface area contributed by atoms with Crippen molar-refractivity contribution >= 4 is 40.6 Å². The van der Waals surface area contributed by atoms with Gasteiger partial charge in [-0.1, -0.05) is 6.07 Å². The molecule has 2 N–H and O–H groups in total. The van der Waals surface area contributed by atoms with E-state index in [0.29, 0.717) is 25.2 Å². The molecule has 1 fully saturated rings. The lowest BCUT2D eigenvalue weighted by molar-refractivity contribution is -0.124. The number of sulfone groups is 1. The fourth-order valence-electron chi connectivity index (χ4n) is 3.14. The monoisotopic (exact) mass is 443 g/mol. The van der Waals surface area contributed by atoms with Gasteiger partial charge in [-0.3, -0.25) is 4.79 Å². The second kappa shape index (κ2) is 10.6. The molecule has 1 heterocycles. The molecule has 0 spiro atoms. The van der Waals surface area contributed by atoms with Gasteiger partial charge in [0.2, 0.25) is 5.91 Å². The summed E-state index contributed by atoms with van der Waals surface area (Å²) < 4.78 is 36.9. The maximum atomic E-state index is 13.8. The molecule has 10 heteroatoms. The summed E-state index contributed by atoms with van der Waals surface area (Å²) in [4.78, 5) is 14.5. The van der Waals surface area contributed by atoms with Crippen LogP contribution in [0.5, 0.6) is 0 Å². The van der Waals surface area contributed by atoms with Gasteiger partial charge in [0, 0.05) is 24.9 Å². The second-order valence-corrected chi connectivity index (χ2v) is 9.19. The summed E-state index contributed by atoms with van der Waals surface area (Å²) in [6.07, 6.45) is 1.63. The van der Waals surface area contributed by atoms with E-state index in [2.05, 4.69) is 10.6 Å². The highest BCUT2D eigenvalue weighted by Gasteiger charge is 2.48. The number of hydrogen-bond acceptors (Lipinski definition) is 5. The van der Waals surface area contributed by atoms with Gasteiger partial charge in [-0.2, -0.15) is 0 Å². The number of nitrogens with one attached hydrogen (secondary N) is 2. The third-order valence-corrected chi connectivity index (χ3v) is 6.60. The first-order chi connectivity index (χ1) is 11.7. The maximum absolute atomic E-state index is 13.8. The molecular weight excluding hydrogens is 416 g/mol. The van der Waals surface area contributed by atoms with Gasteiger partial charge in [0.15, 0.2) is 14.6 Å². The number of carbonyl (C=O) groups excluding carboxylic acids is 1. The minimum absolute atomic E-state index is 0. The Labute approximate surface area is 173 Å². The standard InChI is InChI=1S/C17H26FN3O3S.2ClH/c1-21(2)12-14-10-13(4-5-15(14)18)11-20-16(22)17(25(3,23)24)6-8-19-9-7-17;;/h4-5,10,19H,6-9,11-12H2,1-3H3,(H,20,22);2*1H. The molecule has 1 aliphatic rings. The van der Waals surface area contributed by atoms with Crippen molar-refractivity contribution in [2.45, 2.75) is 30.7 Å². The number of carbonyl (C=O) groups is 1. The van der Waals surface area contributed by atoms with Gasteiger partial charge >= 0.3 is 0 Å². The number of piperidine rings is 1. The van der Waals surface area contributed by atoms with E-state index < -0.39 is 20.5 Å². The summed E-state index contributed by atoms with van der Waals surface area (Å²) >= 11 is 0. The van der Waals surface area contributed by atoms with Crippen LogP contribution < -0.4 is 10.6 Å². The summed E-state index contributed by atoms with van der Waals surface area (Å²) in [5.41, 5.74) is 1.28. The fraction of sp³-hybridized carbons (Fsp3) is 0.588. The van der Waals surface area contributed by atoms with Gasteiger partial charge in [-0.25, -0.2) is 12.8 Å². The number of benzene rings is 1. The minimum Gasteiger partial charge on any atom is -0.351 e. The third kappa shape index (κ3) is 6.29. The van der Waals surface area contributed by atoms with Gasteiger partial charge in [0.25, 0.3) is 0 Å². The Morgan fingerprint density at radius 3 is 2.37 bits per heavy atom.